The van der Waals surface area contributed by atoms with Gasteiger partial charge in [-0.15, -0.1) is 11.3 Å². The average Bonchev–Trinajstić information content (AvgIpc) is 3.48. The molecule has 1 aliphatic rings. The number of rotatable bonds is 8. The standard InChI is InChI=1S/C30H31F4N5O2S/c1-20-27(37-14-12-36(13-15-37)17-22-9-6-16-42-22)28(40)39(19-26(35)21-7-3-2-4-8-21)29(41)38(20)18-23-24(30(32,33)34)10-5-11-25(23)31/h2-11,16,26H,12-15,17-19,35H2,1H3. The number of aromatic nitrogens is 2. The molecule has 42 heavy (non-hydrogen) atoms. The second-order valence-corrected chi connectivity index (χ2v) is 11.4. The molecule has 0 radical (unpaired) electrons. The van der Waals surface area contributed by atoms with E-state index in [1.54, 1.807) is 35.6 Å². The maximum Gasteiger partial charge on any atom is 0.416 e. The fourth-order valence-corrected chi connectivity index (χ4v) is 6.14. The first-order valence-corrected chi connectivity index (χ1v) is 14.4. The van der Waals surface area contributed by atoms with Crippen LogP contribution in [0.15, 0.2) is 75.6 Å². The molecule has 7 nitrogen and oxygen atoms in total. The summed E-state index contributed by atoms with van der Waals surface area (Å²) in [7, 11) is 0. The molecule has 3 heterocycles. The highest BCUT2D eigenvalue weighted by Gasteiger charge is 2.35. The molecule has 0 spiro atoms. The number of hydrogen-bond donors (Lipinski definition) is 1. The molecule has 12 heteroatoms. The van der Waals surface area contributed by atoms with Crippen molar-refractivity contribution in [2.75, 3.05) is 31.1 Å². The first-order valence-electron chi connectivity index (χ1n) is 13.5. The lowest BCUT2D eigenvalue weighted by atomic mass is 10.1. The first-order chi connectivity index (χ1) is 20.0. The van der Waals surface area contributed by atoms with Crippen LogP contribution >= 0.6 is 11.3 Å². The average molecular weight is 602 g/mol. The van der Waals surface area contributed by atoms with Crippen molar-refractivity contribution in [1.82, 2.24) is 14.0 Å². The molecule has 4 aromatic rings. The summed E-state index contributed by atoms with van der Waals surface area (Å²) in [6.45, 7) is 3.63. The van der Waals surface area contributed by atoms with E-state index in [2.05, 4.69) is 11.0 Å². The third-order valence-corrected chi connectivity index (χ3v) is 8.51. The summed E-state index contributed by atoms with van der Waals surface area (Å²) >= 11 is 1.66. The highest BCUT2D eigenvalue weighted by Crippen LogP contribution is 2.33. The highest BCUT2D eigenvalue weighted by molar-refractivity contribution is 7.09. The number of anilines is 1. The molecule has 0 saturated carbocycles. The number of alkyl halides is 3. The molecule has 2 aromatic heterocycles. The van der Waals surface area contributed by atoms with Gasteiger partial charge in [0.25, 0.3) is 5.56 Å². The molecule has 1 atom stereocenters. The van der Waals surface area contributed by atoms with Crippen LogP contribution in [0, 0.1) is 12.7 Å². The molecule has 0 aliphatic carbocycles. The number of nitrogens with zero attached hydrogens (tertiary/aromatic N) is 4. The Bertz CT molecular complexity index is 1640. The monoisotopic (exact) mass is 601 g/mol. The zero-order valence-electron chi connectivity index (χ0n) is 23.0. The van der Waals surface area contributed by atoms with E-state index in [9.17, 15) is 27.2 Å². The fourth-order valence-electron chi connectivity index (χ4n) is 5.40. The van der Waals surface area contributed by atoms with Gasteiger partial charge < -0.3 is 10.6 Å². The van der Waals surface area contributed by atoms with Crippen molar-refractivity contribution in [2.24, 2.45) is 5.73 Å². The smallest absolute Gasteiger partial charge is 0.363 e. The van der Waals surface area contributed by atoms with E-state index in [-0.39, 0.29) is 17.9 Å². The van der Waals surface area contributed by atoms with Gasteiger partial charge in [-0.2, -0.15) is 13.2 Å². The molecule has 2 N–H and O–H groups in total. The van der Waals surface area contributed by atoms with Crippen molar-refractivity contribution in [3.8, 4) is 0 Å². The van der Waals surface area contributed by atoms with E-state index in [4.69, 9.17) is 5.73 Å². The van der Waals surface area contributed by atoms with Gasteiger partial charge in [0, 0.05) is 54.9 Å². The molecule has 1 unspecified atom stereocenters. The van der Waals surface area contributed by atoms with Crippen molar-refractivity contribution in [3.05, 3.63) is 120 Å². The fraction of sp³-hybridized carbons (Fsp3) is 0.333. The minimum atomic E-state index is -4.83. The van der Waals surface area contributed by atoms with E-state index < -0.39 is 47.0 Å². The third kappa shape index (κ3) is 6.20. The molecule has 5 rings (SSSR count). The van der Waals surface area contributed by atoms with E-state index in [0.717, 1.165) is 33.9 Å². The van der Waals surface area contributed by atoms with Gasteiger partial charge in [0.2, 0.25) is 0 Å². The Balaban J connectivity index is 1.56. The topological polar surface area (TPSA) is 76.5 Å². The lowest BCUT2D eigenvalue weighted by molar-refractivity contribution is -0.138. The number of nitrogens with two attached hydrogens (primary N) is 1. The van der Waals surface area contributed by atoms with Crippen LogP contribution in [-0.2, 0) is 25.8 Å². The molecule has 0 bridgehead atoms. The van der Waals surface area contributed by atoms with Crippen LogP contribution in [0.25, 0.3) is 0 Å². The Morgan fingerprint density at radius 2 is 1.62 bits per heavy atom. The van der Waals surface area contributed by atoms with Crippen LogP contribution in [0.2, 0.25) is 0 Å². The van der Waals surface area contributed by atoms with Crippen molar-refractivity contribution in [2.45, 2.75) is 38.8 Å². The van der Waals surface area contributed by atoms with E-state index in [1.165, 1.54) is 11.8 Å². The molecule has 0 amide bonds. The molecular formula is C30H31F4N5O2S. The predicted octanol–water partition coefficient (Wildman–Crippen LogP) is 4.61. The van der Waals surface area contributed by atoms with E-state index in [1.807, 2.05) is 22.4 Å². The number of halogens is 4. The maximum absolute atomic E-state index is 14.9. The van der Waals surface area contributed by atoms with Gasteiger partial charge in [-0.05, 0) is 36.1 Å². The molecule has 1 fully saturated rings. The summed E-state index contributed by atoms with van der Waals surface area (Å²) in [5.41, 5.74) is 4.20. The van der Waals surface area contributed by atoms with Crippen molar-refractivity contribution in [3.63, 3.8) is 0 Å². The number of benzene rings is 2. The summed E-state index contributed by atoms with van der Waals surface area (Å²) < 4.78 is 58.4. The minimum absolute atomic E-state index is 0.178. The van der Waals surface area contributed by atoms with Gasteiger partial charge in [0.1, 0.15) is 11.5 Å². The number of piperazine rings is 1. The summed E-state index contributed by atoms with van der Waals surface area (Å²) in [5, 5.41) is 2.01. The van der Waals surface area contributed by atoms with Gasteiger partial charge in [-0.1, -0.05) is 42.5 Å². The van der Waals surface area contributed by atoms with Crippen molar-refractivity contribution in [1.29, 1.82) is 0 Å². The summed E-state index contributed by atoms with van der Waals surface area (Å²) in [5.74, 6) is -1.08. The normalized spacial score (nSPS) is 15.2. The molecular weight excluding hydrogens is 570 g/mol. The quantitative estimate of drug-likeness (QED) is 0.299. The summed E-state index contributed by atoms with van der Waals surface area (Å²) in [6.07, 6.45) is -4.83. The van der Waals surface area contributed by atoms with Crippen molar-refractivity contribution < 1.29 is 17.6 Å². The van der Waals surface area contributed by atoms with Crippen LogP contribution < -0.4 is 21.9 Å². The highest BCUT2D eigenvalue weighted by atomic mass is 32.1. The van der Waals surface area contributed by atoms with E-state index >= 15 is 0 Å². The predicted molar refractivity (Wildman–Crippen MR) is 155 cm³/mol. The second kappa shape index (κ2) is 12.2. The second-order valence-electron chi connectivity index (χ2n) is 10.3. The number of thiophene rings is 1. The largest absolute Gasteiger partial charge is 0.416 e. The lowest BCUT2D eigenvalue weighted by Gasteiger charge is -2.36. The van der Waals surface area contributed by atoms with Crippen LogP contribution in [0.3, 0.4) is 0 Å². The zero-order valence-corrected chi connectivity index (χ0v) is 23.8. The van der Waals surface area contributed by atoms with Crippen LogP contribution in [0.5, 0.6) is 0 Å². The van der Waals surface area contributed by atoms with Crippen LogP contribution in [0.4, 0.5) is 23.2 Å². The summed E-state index contributed by atoms with van der Waals surface area (Å²) in [6, 6.07) is 14.9. The van der Waals surface area contributed by atoms with Crippen LogP contribution in [-0.4, -0.2) is 40.2 Å². The van der Waals surface area contributed by atoms with Gasteiger partial charge in [-0.25, -0.2) is 9.18 Å². The molecule has 222 valence electrons. The van der Waals surface area contributed by atoms with E-state index in [0.29, 0.717) is 31.7 Å². The Hall–Kier alpha value is -3.74. The first kappa shape index (κ1) is 29.7. The van der Waals surface area contributed by atoms with Gasteiger partial charge >= 0.3 is 11.9 Å². The Labute approximate surface area is 244 Å². The minimum Gasteiger partial charge on any atom is -0.363 e. The molecule has 1 saturated heterocycles. The summed E-state index contributed by atoms with van der Waals surface area (Å²) in [4.78, 5) is 33.0. The van der Waals surface area contributed by atoms with Gasteiger partial charge in [0.05, 0.1) is 18.7 Å². The SMILES string of the molecule is Cc1c(N2CCN(Cc3cccs3)CC2)c(=O)n(CC(N)c2ccccc2)c(=O)n1Cc1c(F)cccc1C(F)(F)F. The van der Waals surface area contributed by atoms with Gasteiger partial charge in [-0.3, -0.25) is 18.8 Å². The molecule has 1 aliphatic heterocycles. The van der Waals surface area contributed by atoms with Crippen LogP contribution in [0.1, 0.15) is 33.3 Å². The number of hydrogen-bond acceptors (Lipinski definition) is 6. The Kier molecular flexibility index (Phi) is 8.67. The third-order valence-electron chi connectivity index (χ3n) is 7.65. The maximum atomic E-state index is 14.9. The Morgan fingerprint density at radius 1 is 0.905 bits per heavy atom. The van der Waals surface area contributed by atoms with Crippen molar-refractivity contribution >= 4 is 17.0 Å². The lowest BCUT2D eigenvalue weighted by Crippen LogP contribution is -2.51. The zero-order chi connectivity index (χ0) is 30.0. The Morgan fingerprint density at radius 3 is 2.26 bits per heavy atom. The molecule has 2 aromatic carbocycles. The van der Waals surface area contributed by atoms with Gasteiger partial charge in [0.15, 0.2) is 0 Å².